The monoisotopic (exact) mass is 258 g/mol. The lowest BCUT2D eigenvalue weighted by Crippen LogP contribution is -2.47. The van der Waals surface area contributed by atoms with Crippen molar-refractivity contribution in [1.82, 2.24) is 4.90 Å². The van der Waals surface area contributed by atoms with Crippen molar-refractivity contribution in [3.8, 4) is 0 Å². The molecule has 0 spiro atoms. The Labute approximate surface area is 107 Å². The minimum atomic E-state index is -0.911. The maximum absolute atomic E-state index is 12.1. The van der Waals surface area contributed by atoms with Crippen LogP contribution in [-0.2, 0) is 9.53 Å². The van der Waals surface area contributed by atoms with E-state index in [1.54, 1.807) is 20.8 Å². The van der Waals surface area contributed by atoms with Crippen molar-refractivity contribution in [2.45, 2.75) is 57.7 Å². The molecule has 1 aliphatic heterocycles. The highest BCUT2D eigenvalue weighted by molar-refractivity contribution is 5.72. The number of carboxylic acid groups (broad SMARTS) is 1. The van der Waals surface area contributed by atoms with Crippen LogP contribution in [0.4, 0.5) is 4.79 Å². The molecule has 18 heavy (non-hydrogen) atoms. The van der Waals surface area contributed by atoms with Gasteiger partial charge in [-0.1, -0.05) is 0 Å². The van der Waals surface area contributed by atoms with E-state index in [-0.39, 0.29) is 18.5 Å². The van der Waals surface area contributed by atoms with E-state index < -0.39 is 17.7 Å². The summed E-state index contributed by atoms with van der Waals surface area (Å²) in [6.45, 7) is 5.68. The smallest absolute Gasteiger partial charge is 0.410 e. The molecule has 1 amide bonds. The molecule has 1 fully saturated rings. The highest BCUT2D eigenvalue weighted by Crippen LogP contribution is 2.28. The first-order chi connectivity index (χ1) is 8.24. The third-order valence-electron chi connectivity index (χ3n) is 2.91. The van der Waals surface area contributed by atoms with Gasteiger partial charge >= 0.3 is 12.1 Å². The molecule has 0 aliphatic carbocycles. The summed E-state index contributed by atoms with van der Waals surface area (Å²) in [5.41, 5.74) is 5.03. The molecule has 1 saturated heterocycles. The lowest BCUT2D eigenvalue weighted by Gasteiger charge is -2.31. The molecule has 2 atom stereocenters. The number of aliphatic carboxylic acids is 1. The molecule has 6 heteroatoms. The van der Waals surface area contributed by atoms with E-state index in [1.807, 2.05) is 0 Å². The molecular formula is C12H22N2O4. The second-order valence-corrected chi connectivity index (χ2v) is 5.61. The first kappa shape index (κ1) is 14.8. The highest BCUT2D eigenvalue weighted by Gasteiger charge is 2.39. The molecule has 0 radical (unpaired) electrons. The van der Waals surface area contributed by atoms with Gasteiger partial charge in [0, 0.05) is 18.6 Å². The summed E-state index contributed by atoms with van der Waals surface area (Å²) in [6.07, 6.45) is 0.860. The van der Waals surface area contributed by atoms with E-state index in [4.69, 9.17) is 15.6 Å². The van der Waals surface area contributed by atoms with Crippen molar-refractivity contribution < 1.29 is 19.4 Å². The van der Waals surface area contributed by atoms with Crippen LogP contribution in [0.5, 0.6) is 0 Å². The SMILES string of the molecule is CC(C)(C)OC(=O)N1C(CN)CCC1CC(=O)O. The van der Waals surface area contributed by atoms with Gasteiger partial charge in [0.15, 0.2) is 0 Å². The number of hydrogen-bond donors (Lipinski definition) is 2. The highest BCUT2D eigenvalue weighted by atomic mass is 16.6. The number of likely N-dealkylation sites (tertiary alicyclic amines) is 1. The van der Waals surface area contributed by atoms with Crippen molar-refractivity contribution in [1.29, 1.82) is 0 Å². The number of rotatable bonds is 3. The predicted molar refractivity (Wildman–Crippen MR) is 66.2 cm³/mol. The van der Waals surface area contributed by atoms with Gasteiger partial charge in [-0.15, -0.1) is 0 Å². The standard InChI is InChI=1S/C12H22N2O4/c1-12(2,3)18-11(17)14-8(6-10(15)16)4-5-9(14)7-13/h8-9H,4-7,13H2,1-3H3,(H,15,16). The minimum absolute atomic E-state index is 0.0598. The van der Waals surface area contributed by atoms with Crippen molar-refractivity contribution in [2.24, 2.45) is 5.73 Å². The van der Waals surface area contributed by atoms with E-state index in [0.717, 1.165) is 6.42 Å². The first-order valence-corrected chi connectivity index (χ1v) is 6.17. The van der Waals surface area contributed by atoms with Crippen molar-refractivity contribution in [2.75, 3.05) is 6.54 Å². The molecule has 2 unspecified atom stereocenters. The molecule has 6 nitrogen and oxygen atoms in total. The van der Waals surface area contributed by atoms with Gasteiger partial charge in [0.25, 0.3) is 0 Å². The molecule has 1 rings (SSSR count). The maximum Gasteiger partial charge on any atom is 0.410 e. The molecular weight excluding hydrogens is 236 g/mol. The predicted octanol–water partition coefficient (Wildman–Crippen LogP) is 1.19. The van der Waals surface area contributed by atoms with E-state index in [2.05, 4.69) is 0 Å². The Morgan fingerprint density at radius 1 is 1.33 bits per heavy atom. The van der Waals surface area contributed by atoms with Crippen molar-refractivity contribution in [3.63, 3.8) is 0 Å². The van der Waals surface area contributed by atoms with Gasteiger partial charge in [-0.3, -0.25) is 4.79 Å². The molecule has 0 bridgehead atoms. The normalized spacial score (nSPS) is 24.1. The van der Waals surface area contributed by atoms with Crippen LogP contribution in [0.2, 0.25) is 0 Å². The van der Waals surface area contributed by atoms with E-state index in [9.17, 15) is 9.59 Å². The number of ether oxygens (including phenoxy) is 1. The molecule has 1 heterocycles. The van der Waals surface area contributed by atoms with Crippen LogP contribution in [0.15, 0.2) is 0 Å². The van der Waals surface area contributed by atoms with Crippen LogP contribution < -0.4 is 5.73 Å². The minimum Gasteiger partial charge on any atom is -0.481 e. The average molecular weight is 258 g/mol. The van der Waals surface area contributed by atoms with Crippen molar-refractivity contribution in [3.05, 3.63) is 0 Å². The summed E-state index contributed by atoms with van der Waals surface area (Å²) < 4.78 is 5.30. The number of carbonyl (C=O) groups excluding carboxylic acids is 1. The third kappa shape index (κ3) is 3.87. The zero-order valence-electron chi connectivity index (χ0n) is 11.2. The zero-order chi connectivity index (χ0) is 13.9. The lowest BCUT2D eigenvalue weighted by atomic mass is 10.1. The zero-order valence-corrected chi connectivity index (χ0v) is 11.2. The van der Waals surface area contributed by atoms with Crippen LogP contribution in [0, 0.1) is 0 Å². The third-order valence-corrected chi connectivity index (χ3v) is 2.91. The Morgan fingerprint density at radius 3 is 2.33 bits per heavy atom. The largest absolute Gasteiger partial charge is 0.481 e. The Kier molecular flexibility index (Phi) is 4.56. The van der Waals surface area contributed by atoms with Gasteiger partial charge < -0.3 is 20.5 Å². The molecule has 0 aromatic heterocycles. The summed E-state index contributed by atoms with van der Waals surface area (Å²) in [5.74, 6) is -0.911. The molecule has 104 valence electrons. The van der Waals surface area contributed by atoms with Gasteiger partial charge in [0.2, 0.25) is 0 Å². The summed E-state index contributed by atoms with van der Waals surface area (Å²) in [5, 5.41) is 8.85. The second kappa shape index (κ2) is 5.56. The Hall–Kier alpha value is -1.30. The van der Waals surface area contributed by atoms with Gasteiger partial charge in [0.05, 0.1) is 6.42 Å². The number of carbonyl (C=O) groups is 2. The van der Waals surface area contributed by atoms with Gasteiger partial charge in [-0.05, 0) is 33.6 Å². The number of hydrogen-bond acceptors (Lipinski definition) is 4. The van der Waals surface area contributed by atoms with Crippen molar-refractivity contribution >= 4 is 12.1 Å². The summed E-state index contributed by atoms with van der Waals surface area (Å²) >= 11 is 0. The summed E-state index contributed by atoms with van der Waals surface area (Å²) in [6, 6.07) is -0.435. The number of nitrogens with two attached hydrogens (primary N) is 1. The number of nitrogens with zero attached hydrogens (tertiary/aromatic N) is 1. The quantitative estimate of drug-likeness (QED) is 0.793. The number of amides is 1. The molecule has 0 aromatic carbocycles. The van der Waals surface area contributed by atoms with Gasteiger partial charge in [-0.25, -0.2) is 4.79 Å². The van der Waals surface area contributed by atoms with Gasteiger partial charge in [-0.2, -0.15) is 0 Å². The summed E-state index contributed by atoms with van der Waals surface area (Å²) in [4.78, 5) is 24.4. The van der Waals surface area contributed by atoms with Crippen LogP contribution in [0.1, 0.15) is 40.0 Å². The average Bonchev–Trinajstić information content (AvgIpc) is 2.57. The van der Waals surface area contributed by atoms with Gasteiger partial charge in [0.1, 0.15) is 5.60 Å². The lowest BCUT2D eigenvalue weighted by molar-refractivity contribution is -0.138. The Balaban J connectivity index is 2.77. The molecule has 0 saturated carbocycles. The Morgan fingerprint density at radius 2 is 1.89 bits per heavy atom. The number of carboxylic acids is 1. The molecule has 3 N–H and O–H groups in total. The van der Waals surface area contributed by atoms with Crippen LogP contribution in [-0.4, -0.2) is 46.3 Å². The fourth-order valence-corrected chi connectivity index (χ4v) is 2.21. The van der Waals surface area contributed by atoms with Crippen LogP contribution in [0.3, 0.4) is 0 Å². The molecule has 0 aromatic rings. The fraction of sp³-hybridized carbons (Fsp3) is 0.833. The maximum atomic E-state index is 12.1. The fourth-order valence-electron chi connectivity index (χ4n) is 2.21. The second-order valence-electron chi connectivity index (χ2n) is 5.61. The van der Waals surface area contributed by atoms with Crippen LogP contribution >= 0.6 is 0 Å². The summed E-state index contributed by atoms with van der Waals surface area (Å²) in [7, 11) is 0. The molecule has 1 aliphatic rings. The topological polar surface area (TPSA) is 92.9 Å². The van der Waals surface area contributed by atoms with E-state index in [0.29, 0.717) is 13.0 Å². The van der Waals surface area contributed by atoms with E-state index >= 15 is 0 Å². The Bertz CT molecular complexity index is 325. The van der Waals surface area contributed by atoms with E-state index in [1.165, 1.54) is 4.90 Å². The van der Waals surface area contributed by atoms with Crippen LogP contribution in [0.25, 0.3) is 0 Å². The first-order valence-electron chi connectivity index (χ1n) is 6.17.